The Hall–Kier alpha value is -0.130. The Morgan fingerprint density at radius 2 is 1.79 bits per heavy atom. The Kier molecular flexibility index (Phi) is 10.5. The average Bonchev–Trinajstić information content (AvgIpc) is 2.55. The van der Waals surface area contributed by atoms with Crippen LogP contribution in [-0.2, 0) is 10.2 Å². The van der Waals surface area contributed by atoms with E-state index < -0.39 is 0 Å². The lowest BCUT2D eigenvalue weighted by Gasteiger charge is -2.29. The summed E-state index contributed by atoms with van der Waals surface area (Å²) in [5.74, 6) is 0.685. The maximum Gasteiger partial charge on any atom is 0.0487 e. The van der Waals surface area contributed by atoms with Gasteiger partial charge in [-0.2, -0.15) is 0 Å². The highest BCUT2D eigenvalue weighted by molar-refractivity contribution is 14.1. The molecule has 0 aliphatic carbocycles. The van der Waals surface area contributed by atoms with Crippen LogP contribution >= 0.6 is 22.6 Å². The highest BCUT2D eigenvalue weighted by Crippen LogP contribution is 2.27. The zero-order valence-electron chi connectivity index (χ0n) is 16.3. The predicted octanol–water partition coefficient (Wildman–Crippen LogP) is 5.73. The van der Waals surface area contributed by atoms with Gasteiger partial charge >= 0.3 is 0 Å². The van der Waals surface area contributed by atoms with Crippen LogP contribution in [0.5, 0.6) is 0 Å². The van der Waals surface area contributed by atoms with Gasteiger partial charge in [0.1, 0.15) is 0 Å². The maximum atomic E-state index is 5.22. The molecule has 0 bridgehead atoms. The zero-order valence-corrected chi connectivity index (χ0v) is 18.4. The van der Waals surface area contributed by atoms with Crippen molar-refractivity contribution >= 4 is 22.6 Å². The Bertz CT molecular complexity index is 444. The lowest BCUT2D eigenvalue weighted by Crippen LogP contribution is -2.31. The van der Waals surface area contributed by atoms with Crippen molar-refractivity contribution in [1.29, 1.82) is 0 Å². The van der Waals surface area contributed by atoms with E-state index in [0.717, 1.165) is 13.2 Å². The van der Waals surface area contributed by atoms with Crippen LogP contribution in [0.4, 0.5) is 0 Å². The van der Waals surface area contributed by atoms with Gasteiger partial charge in [-0.25, -0.2) is 0 Å². The molecule has 0 saturated heterocycles. The molecule has 138 valence electrons. The molecule has 0 aromatic heterocycles. The zero-order chi connectivity index (χ0) is 18.0. The third-order valence-electron chi connectivity index (χ3n) is 5.00. The molecule has 0 saturated carbocycles. The molecular weight excluding hydrogens is 409 g/mol. The molecule has 1 aromatic carbocycles. The third-order valence-corrected chi connectivity index (χ3v) is 5.72. The highest BCUT2D eigenvalue weighted by Gasteiger charge is 2.21. The molecule has 24 heavy (non-hydrogen) atoms. The largest absolute Gasteiger partial charge is 0.384 e. The van der Waals surface area contributed by atoms with Crippen molar-refractivity contribution in [3.63, 3.8) is 0 Å². The van der Waals surface area contributed by atoms with Gasteiger partial charge in [-0.15, -0.1) is 0 Å². The predicted molar refractivity (Wildman–Crippen MR) is 114 cm³/mol. The number of nitrogens with zero attached hydrogens (tertiary/aromatic N) is 1. The molecule has 1 atom stereocenters. The molecule has 0 unspecified atom stereocenters. The average molecular weight is 445 g/mol. The fourth-order valence-corrected chi connectivity index (χ4v) is 3.47. The Morgan fingerprint density at radius 3 is 2.38 bits per heavy atom. The molecule has 0 aliphatic heterocycles. The van der Waals surface area contributed by atoms with E-state index in [4.69, 9.17) is 4.74 Å². The molecule has 0 amide bonds. The number of hydrogen-bond donors (Lipinski definition) is 0. The first-order chi connectivity index (χ1) is 11.4. The van der Waals surface area contributed by atoms with Gasteiger partial charge in [-0.1, -0.05) is 46.2 Å². The van der Waals surface area contributed by atoms with Crippen molar-refractivity contribution in [2.24, 2.45) is 5.92 Å². The van der Waals surface area contributed by atoms with E-state index in [1.807, 2.05) is 0 Å². The Balaban J connectivity index is 2.35. The van der Waals surface area contributed by atoms with Crippen LogP contribution < -0.4 is 0 Å². The third kappa shape index (κ3) is 8.30. The van der Waals surface area contributed by atoms with Crippen LogP contribution in [0, 0.1) is 9.49 Å². The molecule has 0 N–H and O–H groups in total. The quantitative estimate of drug-likeness (QED) is 0.301. The molecule has 0 aliphatic rings. The van der Waals surface area contributed by atoms with Crippen molar-refractivity contribution < 1.29 is 4.74 Å². The van der Waals surface area contributed by atoms with Gasteiger partial charge in [-0.3, -0.25) is 0 Å². The number of methoxy groups -OCH3 is 1. The highest BCUT2D eigenvalue weighted by atomic mass is 127. The summed E-state index contributed by atoms with van der Waals surface area (Å²) in [5, 5.41) is 0. The first-order valence-corrected chi connectivity index (χ1v) is 10.4. The summed E-state index contributed by atoms with van der Waals surface area (Å²) < 4.78 is 6.53. The van der Waals surface area contributed by atoms with Crippen molar-refractivity contribution in [1.82, 2.24) is 4.90 Å². The lowest BCUT2D eigenvalue weighted by atomic mass is 9.81. The van der Waals surface area contributed by atoms with Crippen molar-refractivity contribution in [2.75, 3.05) is 33.4 Å². The molecule has 1 aromatic rings. The summed E-state index contributed by atoms with van der Waals surface area (Å²) in [5.41, 5.74) is 1.69. The van der Waals surface area contributed by atoms with Gasteiger partial charge in [-0.05, 0) is 90.5 Å². The van der Waals surface area contributed by atoms with E-state index in [9.17, 15) is 0 Å². The van der Waals surface area contributed by atoms with E-state index >= 15 is 0 Å². The van der Waals surface area contributed by atoms with Crippen molar-refractivity contribution in [2.45, 2.75) is 58.8 Å². The smallest absolute Gasteiger partial charge is 0.0487 e. The molecule has 3 heteroatoms. The molecule has 2 nitrogen and oxygen atoms in total. The fraction of sp³-hybridized carbons (Fsp3) is 0.714. The summed E-state index contributed by atoms with van der Waals surface area (Å²) in [7, 11) is 1.80. The first kappa shape index (κ1) is 21.9. The molecule has 0 radical (unpaired) electrons. The van der Waals surface area contributed by atoms with Crippen LogP contribution in [0.25, 0.3) is 0 Å². The van der Waals surface area contributed by atoms with Crippen LogP contribution in [0.15, 0.2) is 24.3 Å². The minimum atomic E-state index is 0.241. The Morgan fingerprint density at radius 1 is 1.12 bits per heavy atom. The SMILES string of the molecule is CCN(CCCC[C@@H](C)COC)CCC(C)(C)c1ccc(I)cc1. The van der Waals surface area contributed by atoms with E-state index in [2.05, 4.69) is 79.5 Å². The number of rotatable bonds is 12. The second kappa shape index (κ2) is 11.5. The minimum Gasteiger partial charge on any atom is -0.384 e. The topological polar surface area (TPSA) is 12.5 Å². The van der Waals surface area contributed by atoms with Gasteiger partial charge in [0.15, 0.2) is 0 Å². The number of hydrogen-bond acceptors (Lipinski definition) is 2. The van der Waals surface area contributed by atoms with E-state index in [0.29, 0.717) is 5.92 Å². The van der Waals surface area contributed by atoms with Gasteiger partial charge < -0.3 is 9.64 Å². The second-order valence-corrected chi connectivity index (χ2v) is 8.88. The molecule has 1 rings (SSSR count). The standard InChI is InChI=1S/C21H36INO/c1-6-23(15-8-7-9-18(2)17-24-5)16-14-21(3,4)19-10-12-20(22)13-11-19/h10-13,18H,6-9,14-17H2,1-5H3/t18-/m1/s1. The van der Waals surface area contributed by atoms with E-state index in [1.165, 1.54) is 47.9 Å². The second-order valence-electron chi connectivity index (χ2n) is 7.63. The van der Waals surface area contributed by atoms with E-state index in [-0.39, 0.29) is 5.41 Å². The minimum absolute atomic E-state index is 0.241. The van der Waals surface area contributed by atoms with E-state index in [1.54, 1.807) is 7.11 Å². The van der Waals surface area contributed by atoms with Crippen molar-refractivity contribution in [3.8, 4) is 0 Å². The summed E-state index contributed by atoms with van der Waals surface area (Å²) in [6, 6.07) is 9.01. The van der Waals surface area contributed by atoms with Crippen molar-refractivity contribution in [3.05, 3.63) is 33.4 Å². The molecule has 0 fully saturated rings. The van der Waals surface area contributed by atoms with Gasteiger partial charge in [0.05, 0.1) is 0 Å². The molecule has 0 spiro atoms. The number of benzene rings is 1. The van der Waals surface area contributed by atoms with Crippen LogP contribution in [0.2, 0.25) is 0 Å². The first-order valence-electron chi connectivity index (χ1n) is 9.36. The summed E-state index contributed by atoms with van der Waals surface area (Å²) >= 11 is 2.37. The van der Waals surface area contributed by atoms with Crippen LogP contribution in [0.1, 0.15) is 58.9 Å². The van der Waals surface area contributed by atoms with Gasteiger partial charge in [0.2, 0.25) is 0 Å². The lowest BCUT2D eigenvalue weighted by molar-refractivity contribution is 0.153. The summed E-state index contributed by atoms with van der Waals surface area (Å²) in [6.45, 7) is 13.8. The number of unbranched alkanes of at least 4 members (excludes halogenated alkanes) is 1. The molecule has 0 heterocycles. The summed E-state index contributed by atoms with van der Waals surface area (Å²) in [6.07, 6.45) is 5.09. The van der Waals surface area contributed by atoms with Crippen LogP contribution in [0.3, 0.4) is 0 Å². The fourth-order valence-electron chi connectivity index (χ4n) is 3.11. The maximum absolute atomic E-state index is 5.22. The van der Waals surface area contributed by atoms with Gasteiger partial charge in [0.25, 0.3) is 0 Å². The summed E-state index contributed by atoms with van der Waals surface area (Å²) in [4.78, 5) is 2.61. The van der Waals surface area contributed by atoms with Crippen LogP contribution in [-0.4, -0.2) is 38.3 Å². The number of halogens is 1. The Labute approximate surface area is 163 Å². The molecular formula is C21H36INO. The monoisotopic (exact) mass is 445 g/mol. The van der Waals surface area contributed by atoms with Gasteiger partial charge in [0, 0.05) is 17.3 Å². The number of ether oxygens (including phenoxy) is 1. The normalized spacial score (nSPS) is 13.5.